The van der Waals surface area contributed by atoms with Gasteiger partial charge in [0, 0.05) is 4.47 Å². The molecule has 0 spiro atoms. The van der Waals surface area contributed by atoms with Crippen molar-refractivity contribution in [1.82, 2.24) is 0 Å². The van der Waals surface area contributed by atoms with Crippen molar-refractivity contribution in [3.8, 4) is 0 Å². The summed E-state index contributed by atoms with van der Waals surface area (Å²) in [7, 11) is -0.286. The second kappa shape index (κ2) is 4.36. The zero-order valence-corrected chi connectivity index (χ0v) is 13.5. The summed E-state index contributed by atoms with van der Waals surface area (Å²) >= 11 is 3.59. The Morgan fingerprint density at radius 3 is 1.94 bits per heavy atom. The Balaban J connectivity index is 2.36. The molecule has 0 aromatic heterocycles. The number of rotatable bonds is 1. The Kier molecular flexibility index (Phi) is 3.42. The molecule has 0 atom stereocenters. The van der Waals surface area contributed by atoms with Gasteiger partial charge in [0.05, 0.1) is 11.2 Å². The van der Waals surface area contributed by atoms with Crippen molar-refractivity contribution >= 4 is 28.5 Å². The van der Waals surface area contributed by atoms with E-state index in [0.717, 1.165) is 9.94 Å². The molecule has 0 N–H and O–H groups in total. The van der Waals surface area contributed by atoms with Gasteiger partial charge in [-0.3, -0.25) is 0 Å². The molecule has 1 aliphatic rings. The molecule has 98 valence electrons. The van der Waals surface area contributed by atoms with Crippen LogP contribution in [0.4, 0.5) is 0 Å². The van der Waals surface area contributed by atoms with E-state index in [1.807, 2.05) is 0 Å². The Morgan fingerprint density at radius 2 is 1.50 bits per heavy atom. The molecule has 0 radical (unpaired) electrons. The molecule has 18 heavy (non-hydrogen) atoms. The SMILES string of the molecule is Cc1cc(B2OC(C)(C)C(C)(C)O2)cc(Br)c1C. The predicted molar refractivity (Wildman–Crippen MR) is 79.3 cm³/mol. The molecule has 1 fully saturated rings. The van der Waals surface area contributed by atoms with E-state index in [1.165, 1.54) is 11.1 Å². The lowest BCUT2D eigenvalue weighted by molar-refractivity contribution is 0.00578. The van der Waals surface area contributed by atoms with Crippen LogP contribution in [0.3, 0.4) is 0 Å². The summed E-state index contributed by atoms with van der Waals surface area (Å²) < 4.78 is 13.2. The third kappa shape index (κ3) is 2.26. The molecule has 1 aromatic carbocycles. The maximum atomic E-state index is 6.06. The minimum absolute atomic E-state index is 0.286. The van der Waals surface area contributed by atoms with E-state index in [0.29, 0.717) is 0 Å². The third-order valence-corrected chi connectivity index (χ3v) is 4.98. The lowest BCUT2D eigenvalue weighted by Crippen LogP contribution is -2.41. The van der Waals surface area contributed by atoms with Crippen LogP contribution < -0.4 is 5.46 Å². The molecule has 2 rings (SSSR count). The summed E-state index contributed by atoms with van der Waals surface area (Å²) in [5, 5.41) is 0. The van der Waals surface area contributed by atoms with Crippen LogP contribution in [0.15, 0.2) is 16.6 Å². The summed E-state index contributed by atoms with van der Waals surface area (Å²) in [6.07, 6.45) is 0. The average molecular weight is 311 g/mol. The van der Waals surface area contributed by atoms with E-state index < -0.39 is 0 Å². The number of hydrogen-bond donors (Lipinski definition) is 0. The molecule has 0 amide bonds. The number of benzene rings is 1. The van der Waals surface area contributed by atoms with E-state index in [2.05, 4.69) is 69.6 Å². The van der Waals surface area contributed by atoms with E-state index in [1.54, 1.807) is 0 Å². The molecule has 2 nitrogen and oxygen atoms in total. The lowest BCUT2D eigenvalue weighted by atomic mass is 9.78. The van der Waals surface area contributed by atoms with Crippen molar-refractivity contribution in [2.24, 2.45) is 0 Å². The van der Waals surface area contributed by atoms with Gasteiger partial charge in [-0.2, -0.15) is 0 Å². The number of hydrogen-bond acceptors (Lipinski definition) is 2. The summed E-state index contributed by atoms with van der Waals surface area (Å²) in [5.41, 5.74) is 3.00. The van der Waals surface area contributed by atoms with Gasteiger partial charge in [-0.05, 0) is 64.2 Å². The van der Waals surface area contributed by atoms with Gasteiger partial charge in [0.25, 0.3) is 0 Å². The predicted octanol–water partition coefficient (Wildman–Crippen LogP) is 3.37. The first-order valence-corrected chi connectivity index (χ1v) is 7.06. The smallest absolute Gasteiger partial charge is 0.399 e. The van der Waals surface area contributed by atoms with Gasteiger partial charge >= 0.3 is 7.12 Å². The topological polar surface area (TPSA) is 18.5 Å². The zero-order chi connectivity index (χ0) is 13.7. The van der Waals surface area contributed by atoms with Crippen LogP contribution >= 0.6 is 15.9 Å². The van der Waals surface area contributed by atoms with Crippen molar-refractivity contribution in [3.63, 3.8) is 0 Å². The van der Waals surface area contributed by atoms with Crippen LogP contribution in [0.5, 0.6) is 0 Å². The van der Waals surface area contributed by atoms with Crippen LogP contribution in [0, 0.1) is 13.8 Å². The number of halogens is 1. The largest absolute Gasteiger partial charge is 0.494 e. The van der Waals surface area contributed by atoms with Crippen LogP contribution in [0.2, 0.25) is 0 Å². The third-order valence-electron chi connectivity index (χ3n) is 4.15. The second-order valence-corrected chi connectivity index (χ2v) is 6.89. The Labute approximate surface area is 118 Å². The quantitative estimate of drug-likeness (QED) is 0.741. The first-order chi connectivity index (χ1) is 8.14. The summed E-state index contributed by atoms with van der Waals surface area (Å²) in [4.78, 5) is 0. The number of aryl methyl sites for hydroxylation is 1. The molecule has 0 saturated carbocycles. The molecule has 0 bridgehead atoms. The van der Waals surface area contributed by atoms with Gasteiger partial charge in [0.1, 0.15) is 0 Å². The summed E-state index contributed by atoms with van der Waals surface area (Å²) in [6.45, 7) is 12.5. The van der Waals surface area contributed by atoms with Crippen molar-refractivity contribution < 1.29 is 9.31 Å². The van der Waals surface area contributed by atoms with Gasteiger partial charge in [0.2, 0.25) is 0 Å². The maximum Gasteiger partial charge on any atom is 0.494 e. The van der Waals surface area contributed by atoms with Crippen LogP contribution in [-0.4, -0.2) is 18.3 Å². The van der Waals surface area contributed by atoms with Crippen LogP contribution in [0.25, 0.3) is 0 Å². The molecule has 1 heterocycles. The van der Waals surface area contributed by atoms with E-state index in [-0.39, 0.29) is 18.3 Å². The summed E-state index contributed by atoms with van der Waals surface area (Å²) in [6, 6.07) is 4.23. The molecular weight excluding hydrogens is 291 g/mol. The van der Waals surface area contributed by atoms with Gasteiger partial charge in [-0.1, -0.05) is 22.0 Å². The molecule has 1 aromatic rings. The Hall–Kier alpha value is -0.315. The Morgan fingerprint density at radius 1 is 1.00 bits per heavy atom. The van der Waals surface area contributed by atoms with E-state index >= 15 is 0 Å². The first kappa shape index (κ1) is 14.1. The Bertz CT molecular complexity index is 444. The maximum absolute atomic E-state index is 6.06. The van der Waals surface area contributed by atoms with Crippen molar-refractivity contribution in [2.45, 2.75) is 52.7 Å². The van der Waals surface area contributed by atoms with Gasteiger partial charge in [-0.25, -0.2) is 0 Å². The fourth-order valence-corrected chi connectivity index (χ4v) is 2.54. The van der Waals surface area contributed by atoms with Crippen molar-refractivity contribution in [3.05, 3.63) is 27.7 Å². The molecule has 1 aliphatic heterocycles. The van der Waals surface area contributed by atoms with E-state index in [9.17, 15) is 0 Å². The van der Waals surface area contributed by atoms with Crippen LogP contribution in [0.1, 0.15) is 38.8 Å². The zero-order valence-electron chi connectivity index (χ0n) is 11.9. The second-order valence-electron chi connectivity index (χ2n) is 6.03. The highest BCUT2D eigenvalue weighted by atomic mass is 79.9. The monoisotopic (exact) mass is 310 g/mol. The summed E-state index contributed by atoms with van der Waals surface area (Å²) in [5.74, 6) is 0. The fourth-order valence-electron chi connectivity index (χ4n) is 1.96. The minimum atomic E-state index is -0.289. The highest BCUT2D eigenvalue weighted by molar-refractivity contribution is 9.10. The molecule has 0 aliphatic carbocycles. The standard InChI is InChI=1S/C14H20BBrO2/c1-9-7-11(8-12(16)10(9)2)15-17-13(3,4)14(5,6)18-15/h7-8H,1-6H3. The molecular formula is C14H20BBrO2. The first-order valence-electron chi connectivity index (χ1n) is 6.26. The molecule has 0 unspecified atom stereocenters. The van der Waals surface area contributed by atoms with Crippen molar-refractivity contribution in [1.29, 1.82) is 0 Å². The van der Waals surface area contributed by atoms with E-state index in [4.69, 9.17) is 9.31 Å². The van der Waals surface area contributed by atoms with Crippen LogP contribution in [-0.2, 0) is 9.31 Å². The fraction of sp³-hybridized carbons (Fsp3) is 0.571. The molecule has 1 saturated heterocycles. The van der Waals surface area contributed by atoms with Gasteiger partial charge < -0.3 is 9.31 Å². The normalized spacial score (nSPS) is 21.4. The highest BCUT2D eigenvalue weighted by Gasteiger charge is 2.51. The van der Waals surface area contributed by atoms with Crippen molar-refractivity contribution in [2.75, 3.05) is 0 Å². The van der Waals surface area contributed by atoms with Gasteiger partial charge in [-0.15, -0.1) is 0 Å². The molecule has 4 heteroatoms. The average Bonchev–Trinajstić information content (AvgIpc) is 2.44. The van der Waals surface area contributed by atoms with Gasteiger partial charge in [0.15, 0.2) is 0 Å². The minimum Gasteiger partial charge on any atom is -0.399 e. The lowest BCUT2D eigenvalue weighted by Gasteiger charge is -2.32. The highest BCUT2D eigenvalue weighted by Crippen LogP contribution is 2.36.